The SMILES string of the molecule is Cc1c(Nc2nccc3cc(CN4CCC(O)C4)cnc23)cccc1-c1nccc(-c2nc3cc(CO)cc(C#N)c3o2)c1Cl. The summed E-state index contributed by atoms with van der Waals surface area (Å²) in [5.74, 6) is 0.884. The van der Waals surface area contributed by atoms with Crippen molar-refractivity contribution in [1.82, 2.24) is 24.8 Å². The Kier molecular flexibility index (Phi) is 7.61. The van der Waals surface area contributed by atoms with Gasteiger partial charge in [0, 0.05) is 54.9 Å². The third-order valence-electron chi connectivity index (χ3n) is 8.12. The Morgan fingerprint density at radius 3 is 2.76 bits per heavy atom. The van der Waals surface area contributed by atoms with Crippen molar-refractivity contribution in [2.75, 3.05) is 18.4 Å². The summed E-state index contributed by atoms with van der Waals surface area (Å²) < 4.78 is 6.00. The standard InChI is InChI=1S/C34H28ClN7O3/c1-19-25(31-29(35)26(6-9-37-31)34-41-28-13-20(18-43)11-23(14-36)32(28)45-34)3-2-4-27(19)40-33-30-22(5-8-38-33)12-21(15-39-30)16-42-10-7-24(44)17-42/h2-6,8-9,11-13,15,24,43-44H,7,10,16-18H2,1H3,(H,38,40). The van der Waals surface area contributed by atoms with Crippen molar-refractivity contribution in [3.8, 4) is 28.8 Å². The van der Waals surface area contributed by atoms with E-state index in [1.54, 1.807) is 30.6 Å². The maximum absolute atomic E-state index is 9.87. The van der Waals surface area contributed by atoms with Gasteiger partial charge in [-0.25, -0.2) is 9.97 Å². The Labute approximate surface area is 263 Å². The zero-order valence-corrected chi connectivity index (χ0v) is 25.1. The number of anilines is 2. The van der Waals surface area contributed by atoms with Gasteiger partial charge in [-0.15, -0.1) is 0 Å². The molecule has 1 aliphatic rings. The highest BCUT2D eigenvalue weighted by molar-refractivity contribution is 6.35. The zero-order valence-electron chi connectivity index (χ0n) is 24.3. The number of nitriles is 1. The number of β-amino-alcohol motifs (C(OH)–C–C–N with tert-alkyl or cyclic N) is 1. The fourth-order valence-corrected chi connectivity index (χ4v) is 6.12. The Hall–Kier alpha value is -4.92. The average molecular weight is 618 g/mol. The van der Waals surface area contributed by atoms with Crippen LogP contribution in [-0.4, -0.2) is 54.2 Å². The van der Waals surface area contributed by atoms with Crippen molar-refractivity contribution in [2.24, 2.45) is 0 Å². The molecule has 6 aromatic rings. The molecule has 0 bridgehead atoms. The Balaban J connectivity index is 1.21. The molecule has 45 heavy (non-hydrogen) atoms. The van der Waals surface area contributed by atoms with Crippen LogP contribution in [0.2, 0.25) is 5.02 Å². The number of hydrogen-bond donors (Lipinski definition) is 3. The molecule has 1 atom stereocenters. The molecular formula is C34H28ClN7O3. The molecule has 0 spiro atoms. The fourth-order valence-electron chi connectivity index (χ4n) is 5.83. The van der Waals surface area contributed by atoms with Gasteiger partial charge in [-0.3, -0.25) is 14.9 Å². The van der Waals surface area contributed by atoms with Crippen LogP contribution in [-0.2, 0) is 13.2 Å². The van der Waals surface area contributed by atoms with Crippen LogP contribution < -0.4 is 5.32 Å². The summed E-state index contributed by atoms with van der Waals surface area (Å²) in [7, 11) is 0. The highest BCUT2D eigenvalue weighted by atomic mass is 35.5. The third-order valence-corrected chi connectivity index (χ3v) is 8.51. The molecule has 0 aliphatic carbocycles. The largest absolute Gasteiger partial charge is 0.435 e. The number of aliphatic hydroxyl groups excluding tert-OH is 2. The van der Waals surface area contributed by atoms with Crippen LogP contribution in [0.25, 0.3) is 44.7 Å². The number of oxazole rings is 1. The normalized spacial score (nSPS) is 15.1. The van der Waals surface area contributed by atoms with E-state index in [4.69, 9.17) is 21.0 Å². The lowest BCUT2D eigenvalue weighted by Gasteiger charge is -2.16. The first-order valence-electron chi connectivity index (χ1n) is 14.5. The van der Waals surface area contributed by atoms with Gasteiger partial charge >= 0.3 is 0 Å². The second kappa shape index (κ2) is 11.9. The van der Waals surface area contributed by atoms with Gasteiger partial charge in [0.2, 0.25) is 5.89 Å². The van der Waals surface area contributed by atoms with Gasteiger partial charge in [0.1, 0.15) is 17.1 Å². The van der Waals surface area contributed by atoms with E-state index in [-0.39, 0.29) is 24.2 Å². The summed E-state index contributed by atoms with van der Waals surface area (Å²) >= 11 is 6.96. The van der Waals surface area contributed by atoms with Crippen molar-refractivity contribution in [1.29, 1.82) is 5.26 Å². The number of likely N-dealkylation sites (tertiary alicyclic amines) is 1. The number of hydrogen-bond acceptors (Lipinski definition) is 10. The van der Waals surface area contributed by atoms with E-state index in [0.717, 1.165) is 52.8 Å². The van der Waals surface area contributed by atoms with Crippen molar-refractivity contribution in [3.63, 3.8) is 0 Å². The minimum absolute atomic E-state index is 0.216. The zero-order chi connectivity index (χ0) is 31.1. The highest BCUT2D eigenvalue weighted by Gasteiger charge is 2.22. The van der Waals surface area contributed by atoms with E-state index in [9.17, 15) is 15.5 Å². The molecule has 5 heterocycles. The molecule has 1 unspecified atom stereocenters. The minimum Gasteiger partial charge on any atom is -0.435 e. The van der Waals surface area contributed by atoms with Gasteiger partial charge in [0.25, 0.3) is 0 Å². The third kappa shape index (κ3) is 5.47. The van der Waals surface area contributed by atoms with Crippen LogP contribution in [0.4, 0.5) is 11.5 Å². The van der Waals surface area contributed by atoms with E-state index < -0.39 is 0 Å². The van der Waals surface area contributed by atoms with Gasteiger partial charge in [-0.05, 0) is 66.4 Å². The number of halogens is 1. The molecule has 0 radical (unpaired) electrons. The van der Waals surface area contributed by atoms with E-state index in [2.05, 4.69) is 37.3 Å². The number of benzene rings is 2. The first kappa shape index (κ1) is 28.8. The van der Waals surface area contributed by atoms with Crippen molar-refractivity contribution in [2.45, 2.75) is 32.6 Å². The number of aromatic nitrogens is 4. The molecule has 224 valence electrons. The van der Waals surface area contributed by atoms with Crippen LogP contribution in [0.5, 0.6) is 0 Å². The molecule has 0 amide bonds. The van der Waals surface area contributed by atoms with E-state index in [1.807, 2.05) is 37.4 Å². The molecule has 1 aliphatic heterocycles. The second-order valence-electron chi connectivity index (χ2n) is 11.2. The van der Waals surface area contributed by atoms with E-state index in [1.165, 1.54) is 0 Å². The average Bonchev–Trinajstić information content (AvgIpc) is 3.67. The van der Waals surface area contributed by atoms with Crippen LogP contribution in [0.15, 0.2) is 71.5 Å². The van der Waals surface area contributed by atoms with Crippen molar-refractivity contribution in [3.05, 3.63) is 94.4 Å². The first-order valence-corrected chi connectivity index (χ1v) is 14.9. The quantitative estimate of drug-likeness (QED) is 0.191. The van der Waals surface area contributed by atoms with Crippen LogP contribution >= 0.6 is 11.6 Å². The summed E-state index contributed by atoms with van der Waals surface area (Å²) in [5.41, 5.74) is 7.11. The summed E-state index contributed by atoms with van der Waals surface area (Å²) in [5, 5.41) is 33.8. The predicted molar refractivity (Wildman–Crippen MR) is 172 cm³/mol. The molecule has 2 aromatic carbocycles. The minimum atomic E-state index is -0.259. The smallest absolute Gasteiger partial charge is 0.229 e. The summed E-state index contributed by atoms with van der Waals surface area (Å²) in [6.45, 7) is 4.07. The lowest BCUT2D eigenvalue weighted by atomic mass is 10.0. The number of nitrogens with one attached hydrogen (secondary N) is 1. The molecule has 3 N–H and O–H groups in total. The topological polar surface area (TPSA) is 144 Å². The Bertz CT molecular complexity index is 2120. The van der Waals surface area contributed by atoms with Gasteiger partial charge in [0.15, 0.2) is 11.4 Å². The first-order chi connectivity index (χ1) is 21.9. The van der Waals surface area contributed by atoms with Crippen LogP contribution in [0, 0.1) is 18.3 Å². The molecule has 1 saturated heterocycles. The molecule has 4 aromatic heterocycles. The van der Waals surface area contributed by atoms with Crippen LogP contribution in [0.3, 0.4) is 0 Å². The number of fused-ring (bicyclic) bond motifs is 2. The number of aliphatic hydroxyl groups is 2. The second-order valence-corrected chi connectivity index (χ2v) is 11.5. The highest BCUT2D eigenvalue weighted by Crippen LogP contribution is 2.39. The van der Waals surface area contributed by atoms with Gasteiger partial charge in [-0.1, -0.05) is 23.7 Å². The molecular weight excluding hydrogens is 590 g/mol. The molecule has 1 fully saturated rings. The van der Waals surface area contributed by atoms with E-state index in [0.29, 0.717) is 45.3 Å². The number of nitrogens with zero attached hydrogens (tertiary/aromatic N) is 6. The molecule has 0 saturated carbocycles. The van der Waals surface area contributed by atoms with Gasteiger partial charge < -0.3 is 19.9 Å². The summed E-state index contributed by atoms with van der Waals surface area (Å²) in [6.07, 6.45) is 5.82. The summed E-state index contributed by atoms with van der Waals surface area (Å²) in [4.78, 5) is 20.8. The fraction of sp³-hybridized carbons (Fsp3) is 0.206. The van der Waals surface area contributed by atoms with Crippen LogP contribution in [0.1, 0.15) is 28.7 Å². The van der Waals surface area contributed by atoms with E-state index >= 15 is 0 Å². The Morgan fingerprint density at radius 2 is 1.96 bits per heavy atom. The monoisotopic (exact) mass is 617 g/mol. The summed E-state index contributed by atoms with van der Waals surface area (Å²) in [6, 6.07) is 17.0. The Morgan fingerprint density at radius 1 is 1.09 bits per heavy atom. The lowest BCUT2D eigenvalue weighted by molar-refractivity contribution is 0.175. The maximum atomic E-state index is 9.87. The number of pyridine rings is 3. The predicted octanol–water partition coefficient (Wildman–Crippen LogP) is 6.14. The molecule has 10 nitrogen and oxygen atoms in total. The maximum Gasteiger partial charge on any atom is 0.229 e. The lowest BCUT2D eigenvalue weighted by Crippen LogP contribution is -2.21. The number of rotatable bonds is 7. The van der Waals surface area contributed by atoms with Gasteiger partial charge in [-0.2, -0.15) is 5.26 Å². The van der Waals surface area contributed by atoms with Gasteiger partial charge in [0.05, 0.1) is 34.6 Å². The van der Waals surface area contributed by atoms with Crippen molar-refractivity contribution >= 4 is 45.1 Å². The molecule has 7 rings (SSSR count). The van der Waals surface area contributed by atoms with Crippen molar-refractivity contribution < 1.29 is 14.6 Å². The molecule has 11 heteroatoms.